The van der Waals surface area contributed by atoms with Crippen LogP contribution in [0.3, 0.4) is 0 Å². The first-order valence-electron chi connectivity index (χ1n) is 8.27. The summed E-state index contributed by atoms with van der Waals surface area (Å²) in [6.07, 6.45) is 1.38. The quantitative estimate of drug-likeness (QED) is 0.317. The first-order valence-corrected chi connectivity index (χ1v) is 9.06. The second-order valence-electron chi connectivity index (χ2n) is 6.08. The fraction of sp³-hybridized carbons (Fsp3) is 0.105. The first-order chi connectivity index (χ1) is 13.8. The molecule has 10 heteroatoms. The van der Waals surface area contributed by atoms with Crippen LogP contribution in [0.2, 0.25) is 0 Å². The molecule has 1 aliphatic rings. The van der Waals surface area contributed by atoms with Crippen molar-refractivity contribution >= 4 is 45.5 Å². The Kier molecular flexibility index (Phi) is 5.74. The number of nitrogens with zero attached hydrogens (tertiary/aromatic N) is 2. The molecule has 148 valence electrons. The monoisotopic (exact) mass is 459 g/mol. The van der Waals surface area contributed by atoms with Crippen LogP contribution in [-0.4, -0.2) is 34.7 Å². The van der Waals surface area contributed by atoms with Crippen LogP contribution < -0.4 is 10.1 Å². The van der Waals surface area contributed by atoms with Crippen molar-refractivity contribution < 1.29 is 24.0 Å². The average molecular weight is 460 g/mol. The van der Waals surface area contributed by atoms with Gasteiger partial charge in [-0.25, -0.2) is 4.79 Å². The number of nitrogens with one attached hydrogen (secondary N) is 1. The van der Waals surface area contributed by atoms with Crippen molar-refractivity contribution in [3.8, 4) is 5.75 Å². The number of imide groups is 2. The van der Waals surface area contributed by atoms with Crippen LogP contribution in [0.1, 0.15) is 11.1 Å². The van der Waals surface area contributed by atoms with Crippen molar-refractivity contribution in [3.05, 3.63) is 73.8 Å². The Morgan fingerprint density at radius 1 is 1.17 bits per heavy atom. The van der Waals surface area contributed by atoms with E-state index in [1.165, 1.54) is 25.3 Å². The third-order valence-electron chi connectivity index (χ3n) is 4.11. The minimum atomic E-state index is -0.770. The summed E-state index contributed by atoms with van der Waals surface area (Å²) in [5, 5.41) is 12.8. The maximum atomic E-state index is 12.1. The molecule has 29 heavy (non-hydrogen) atoms. The molecule has 0 bridgehead atoms. The molecule has 1 saturated heterocycles. The lowest BCUT2D eigenvalue weighted by molar-refractivity contribution is -0.384. The highest BCUT2D eigenvalue weighted by Gasteiger charge is 2.32. The van der Waals surface area contributed by atoms with E-state index in [0.29, 0.717) is 15.8 Å². The van der Waals surface area contributed by atoms with Crippen molar-refractivity contribution in [1.82, 2.24) is 10.2 Å². The number of ether oxygens (including phenoxy) is 1. The topological polar surface area (TPSA) is 119 Å². The van der Waals surface area contributed by atoms with Gasteiger partial charge < -0.3 is 4.74 Å². The van der Waals surface area contributed by atoms with Crippen LogP contribution in [0.15, 0.2) is 52.5 Å². The highest BCUT2D eigenvalue weighted by atomic mass is 79.9. The van der Waals surface area contributed by atoms with Gasteiger partial charge >= 0.3 is 6.03 Å². The van der Waals surface area contributed by atoms with Crippen LogP contribution in [0.5, 0.6) is 5.75 Å². The zero-order valence-electron chi connectivity index (χ0n) is 15.0. The Bertz CT molecular complexity index is 1050. The number of benzene rings is 2. The van der Waals surface area contributed by atoms with Crippen LogP contribution >= 0.6 is 15.9 Å². The summed E-state index contributed by atoms with van der Waals surface area (Å²) in [5.74, 6) is -0.932. The predicted molar refractivity (Wildman–Crippen MR) is 106 cm³/mol. The number of rotatable bonds is 5. The molecule has 1 aliphatic heterocycles. The number of hydrogen-bond acceptors (Lipinski definition) is 6. The number of nitro groups is 1. The molecular formula is C19H14BrN3O6. The predicted octanol–water partition coefficient (Wildman–Crippen LogP) is 3.03. The summed E-state index contributed by atoms with van der Waals surface area (Å²) in [6, 6.07) is 10.2. The van der Waals surface area contributed by atoms with E-state index in [2.05, 4.69) is 21.2 Å². The van der Waals surface area contributed by atoms with E-state index >= 15 is 0 Å². The standard InChI is InChI=1S/C19H14BrN3O6/c1-22-18(25)14(17(24)21-19(22)26)8-12-4-7-16(15(20)9-12)29-10-11-2-5-13(6-3-11)23(27)28/h2-9H,10H2,1H3,(H,21,24,26)/b14-8+. The van der Waals surface area contributed by atoms with Gasteiger partial charge in [0, 0.05) is 19.2 Å². The molecule has 2 aromatic rings. The number of non-ortho nitro benzene ring substituents is 1. The Balaban J connectivity index is 1.73. The van der Waals surface area contributed by atoms with E-state index in [0.717, 1.165) is 10.5 Å². The maximum absolute atomic E-state index is 12.1. The lowest BCUT2D eigenvalue weighted by Gasteiger charge is -2.22. The third kappa shape index (κ3) is 4.49. The summed E-state index contributed by atoms with van der Waals surface area (Å²) < 4.78 is 6.29. The van der Waals surface area contributed by atoms with Gasteiger partial charge in [-0.15, -0.1) is 0 Å². The third-order valence-corrected chi connectivity index (χ3v) is 4.73. The van der Waals surface area contributed by atoms with Gasteiger partial charge in [0.25, 0.3) is 17.5 Å². The highest BCUT2D eigenvalue weighted by Crippen LogP contribution is 2.28. The van der Waals surface area contributed by atoms with Crippen molar-refractivity contribution in [1.29, 1.82) is 0 Å². The average Bonchev–Trinajstić information content (AvgIpc) is 2.69. The van der Waals surface area contributed by atoms with E-state index in [4.69, 9.17) is 4.74 Å². The fourth-order valence-electron chi connectivity index (χ4n) is 2.51. The number of likely N-dealkylation sites (N-methyl/N-ethyl adjacent to an activating group) is 1. The van der Waals surface area contributed by atoms with Gasteiger partial charge in [-0.2, -0.15) is 0 Å². The number of barbiturate groups is 1. The van der Waals surface area contributed by atoms with Gasteiger partial charge in [-0.05, 0) is 57.4 Å². The summed E-state index contributed by atoms with van der Waals surface area (Å²) in [5.41, 5.74) is 1.16. The van der Waals surface area contributed by atoms with Crippen molar-refractivity contribution in [2.24, 2.45) is 0 Å². The van der Waals surface area contributed by atoms with E-state index in [-0.39, 0.29) is 17.9 Å². The van der Waals surface area contributed by atoms with Crippen LogP contribution in [0, 0.1) is 10.1 Å². The zero-order chi connectivity index (χ0) is 21.1. The molecule has 1 N–H and O–H groups in total. The van der Waals surface area contributed by atoms with Gasteiger partial charge in [-0.3, -0.25) is 29.9 Å². The molecule has 0 unspecified atom stereocenters. The fourth-order valence-corrected chi connectivity index (χ4v) is 3.02. The van der Waals surface area contributed by atoms with E-state index in [1.807, 2.05) is 0 Å². The molecule has 3 rings (SSSR count). The van der Waals surface area contributed by atoms with Crippen LogP contribution in [-0.2, 0) is 16.2 Å². The molecule has 0 radical (unpaired) electrons. The lowest BCUT2D eigenvalue weighted by atomic mass is 10.1. The molecule has 4 amide bonds. The largest absolute Gasteiger partial charge is 0.488 e. The molecule has 0 aromatic heterocycles. The Morgan fingerprint density at radius 2 is 1.86 bits per heavy atom. The van der Waals surface area contributed by atoms with E-state index < -0.39 is 22.8 Å². The minimum Gasteiger partial charge on any atom is -0.488 e. The number of hydrogen-bond donors (Lipinski definition) is 1. The maximum Gasteiger partial charge on any atom is 0.331 e. The number of urea groups is 1. The second-order valence-corrected chi connectivity index (χ2v) is 6.94. The number of nitro benzene ring substituents is 1. The highest BCUT2D eigenvalue weighted by molar-refractivity contribution is 9.10. The summed E-state index contributed by atoms with van der Waals surface area (Å²) in [6.45, 7) is 0.199. The van der Waals surface area contributed by atoms with Gasteiger partial charge in [0.15, 0.2) is 0 Å². The van der Waals surface area contributed by atoms with Crippen LogP contribution in [0.25, 0.3) is 6.08 Å². The van der Waals surface area contributed by atoms with Crippen molar-refractivity contribution in [3.63, 3.8) is 0 Å². The molecule has 0 aliphatic carbocycles. The molecule has 1 heterocycles. The minimum absolute atomic E-state index is 0.000891. The normalized spacial score (nSPS) is 15.4. The van der Waals surface area contributed by atoms with Gasteiger partial charge in [0.2, 0.25) is 0 Å². The Morgan fingerprint density at radius 3 is 2.48 bits per heavy atom. The van der Waals surface area contributed by atoms with Crippen molar-refractivity contribution in [2.75, 3.05) is 7.05 Å². The number of carbonyl (C=O) groups excluding carboxylic acids is 3. The first kappa shape index (κ1) is 20.2. The zero-order valence-corrected chi connectivity index (χ0v) is 16.6. The molecular weight excluding hydrogens is 446 g/mol. The molecule has 0 spiro atoms. The van der Waals surface area contributed by atoms with Gasteiger partial charge in [0.05, 0.1) is 9.40 Å². The van der Waals surface area contributed by atoms with Crippen molar-refractivity contribution in [2.45, 2.75) is 6.61 Å². The Hall–Kier alpha value is -3.53. The van der Waals surface area contributed by atoms with Gasteiger partial charge in [0.1, 0.15) is 17.9 Å². The van der Waals surface area contributed by atoms with E-state index in [9.17, 15) is 24.5 Å². The summed E-state index contributed by atoms with van der Waals surface area (Å²) >= 11 is 3.37. The second kappa shape index (κ2) is 8.23. The van der Waals surface area contributed by atoms with Crippen LogP contribution in [0.4, 0.5) is 10.5 Å². The number of amides is 4. The smallest absolute Gasteiger partial charge is 0.331 e. The molecule has 9 nitrogen and oxygen atoms in total. The number of carbonyl (C=O) groups is 3. The molecule has 0 saturated carbocycles. The molecule has 2 aromatic carbocycles. The summed E-state index contributed by atoms with van der Waals surface area (Å²) in [4.78, 5) is 46.5. The number of halogens is 1. The summed E-state index contributed by atoms with van der Waals surface area (Å²) in [7, 11) is 1.28. The van der Waals surface area contributed by atoms with Gasteiger partial charge in [-0.1, -0.05) is 6.07 Å². The molecule has 0 atom stereocenters. The van der Waals surface area contributed by atoms with E-state index in [1.54, 1.807) is 30.3 Å². The SMILES string of the molecule is CN1C(=O)NC(=O)/C(=C\c2ccc(OCc3ccc([N+](=O)[O-])cc3)c(Br)c2)C1=O. The molecule has 1 fully saturated rings. The Labute approximate surface area is 173 Å². The lowest BCUT2D eigenvalue weighted by Crippen LogP contribution is -2.52.